The smallest absolute Gasteiger partial charge is 0.273 e. The molecule has 0 fully saturated rings. The fourth-order valence-corrected chi connectivity index (χ4v) is 0.843. The number of carbonyl (C=O) groups is 1. The lowest BCUT2D eigenvalue weighted by Gasteiger charge is -1.97. The predicted molar refractivity (Wildman–Crippen MR) is 49.3 cm³/mol. The van der Waals surface area contributed by atoms with Crippen molar-refractivity contribution in [2.24, 2.45) is 10.7 Å². The number of aliphatic hydroxyl groups is 1. The van der Waals surface area contributed by atoms with E-state index in [1.165, 1.54) is 0 Å². The second kappa shape index (κ2) is 4.37. The first-order chi connectivity index (χ1) is 6.24. The highest BCUT2D eigenvalue weighted by Gasteiger charge is 1.99. The molecular weight excluding hydrogens is 168 g/mol. The van der Waals surface area contributed by atoms with Gasteiger partial charge in [-0.15, -0.1) is 0 Å². The van der Waals surface area contributed by atoms with E-state index in [0.717, 1.165) is 0 Å². The van der Waals surface area contributed by atoms with Crippen molar-refractivity contribution >= 4 is 11.7 Å². The molecule has 68 valence electrons. The van der Waals surface area contributed by atoms with Gasteiger partial charge < -0.3 is 10.8 Å². The molecule has 13 heavy (non-hydrogen) atoms. The van der Waals surface area contributed by atoms with Crippen LogP contribution in [0.15, 0.2) is 35.3 Å². The Labute approximate surface area is 75.7 Å². The first kappa shape index (κ1) is 9.41. The topological polar surface area (TPSA) is 75.7 Å². The highest BCUT2D eigenvalue weighted by atomic mass is 16.3. The summed E-state index contributed by atoms with van der Waals surface area (Å²) >= 11 is 0. The van der Waals surface area contributed by atoms with Gasteiger partial charge in [-0.1, -0.05) is 30.3 Å². The minimum absolute atomic E-state index is 0.125. The molecule has 0 radical (unpaired) electrons. The van der Waals surface area contributed by atoms with E-state index in [1.807, 2.05) is 6.07 Å². The second-order valence-corrected chi connectivity index (χ2v) is 2.41. The van der Waals surface area contributed by atoms with Crippen molar-refractivity contribution in [3.8, 4) is 0 Å². The molecule has 3 N–H and O–H groups in total. The summed E-state index contributed by atoms with van der Waals surface area (Å²) in [6, 6.07) is 8.90. The lowest BCUT2D eigenvalue weighted by Crippen LogP contribution is -2.16. The van der Waals surface area contributed by atoms with Crippen LogP contribution in [0.25, 0.3) is 0 Å². The monoisotopic (exact) mass is 178 g/mol. The maximum atomic E-state index is 10.7. The van der Waals surface area contributed by atoms with Crippen molar-refractivity contribution in [2.45, 2.75) is 0 Å². The molecule has 0 aliphatic rings. The average molecular weight is 178 g/mol. The van der Waals surface area contributed by atoms with Gasteiger partial charge >= 0.3 is 0 Å². The van der Waals surface area contributed by atoms with Crippen molar-refractivity contribution in [1.29, 1.82) is 0 Å². The zero-order valence-corrected chi connectivity index (χ0v) is 6.97. The summed E-state index contributed by atoms with van der Waals surface area (Å²) in [7, 11) is 0. The molecule has 1 aromatic rings. The van der Waals surface area contributed by atoms with Gasteiger partial charge in [0.25, 0.3) is 5.91 Å². The SMILES string of the molecule is NC(=NC(=O)CO)c1ccccc1. The van der Waals surface area contributed by atoms with E-state index in [2.05, 4.69) is 4.99 Å². The van der Waals surface area contributed by atoms with E-state index in [1.54, 1.807) is 24.3 Å². The number of nitrogens with two attached hydrogens (primary N) is 1. The van der Waals surface area contributed by atoms with Crippen molar-refractivity contribution in [2.75, 3.05) is 6.61 Å². The van der Waals surface area contributed by atoms with E-state index >= 15 is 0 Å². The number of benzene rings is 1. The fraction of sp³-hybridized carbons (Fsp3) is 0.111. The van der Waals surface area contributed by atoms with Crippen molar-refractivity contribution in [1.82, 2.24) is 0 Å². The van der Waals surface area contributed by atoms with Gasteiger partial charge in [0.05, 0.1) is 0 Å². The van der Waals surface area contributed by atoms with Gasteiger partial charge in [-0.2, -0.15) is 4.99 Å². The van der Waals surface area contributed by atoms with Crippen LogP contribution < -0.4 is 5.73 Å². The van der Waals surface area contributed by atoms with Gasteiger partial charge in [0.2, 0.25) is 0 Å². The summed E-state index contributed by atoms with van der Waals surface area (Å²) in [4.78, 5) is 14.1. The van der Waals surface area contributed by atoms with Crippen LogP contribution in [0.3, 0.4) is 0 Å². The Balaban J connectivity index is 2.85. The van der Waals surface area contributed by atoms with Gasteiger partial charge in [0.15, 0.2) is 0 Å². The first-order valence-corrected chi connectivity index (χ1v) is 3.77. The second-order valence-electron chi connectivity index (χ2n) is 2.41. The van der Waals surface area contributed by atoms with Crippen LogP contribution in [0.2, 0.25) is 0 Å². The average Bonchev–Trinajstić information content (AvgIpc) is 2.19. The largest absolute Gasteiger partial charge is 0.386 e. The molecular formula is C9H10N2O2. The Morgan fingerprint density at radius 2 is 2.00 bits per heavy atom. The summed E-state index contributed by atoms with van der Waals surface area (Å²) in [6.45, 7) is -0.618. The lowest BCUT2D eigenvalue weighted by atomic mass is 10.2. The van der Waals surface area contributed by atoms with Gasteiger partial charge in [0, 0.05) is 5.56 Å². The summed E-state index contributed by atoms with van der Waals surface area (Å²) in [5, 5.41) is 8.42. The Morgan fingerprint density at radius 1 is 1.38 bits per heavy atom. The van der Waals surface area contributed by atoms with E-state index in [9.17, 15) is 4.79 Å². The van der Waals surface area contributed by atoms with Crippen LogP contribution in [-0.4, -0.2) is 23.5 Å². The lowest BCUT2D eigenvalue weighted by molar-refractivity contribution is -0.120. The maximum absolute atomic E-state index is 10.7. The predicted octanol–water partition coefficient (Wildman–Crippen LogP) is -0.0892. The number of rotatable bonds is 2. The number of aliphatic imine (C=N–C) groups is 1. The molecule has 0 atom stereocenters. The summed E-state index contributed by atoms with van der Waals surface area (Å²) in [5.41, 5.74) is 6.16. The number of hydrogen-bond donors (Lipinski definition) is 2. The number of carbonyl (C=O) groups excluding carboxylic acids is 1. The minimum atomic E-state index is -0.638. The quantitative estimate of drug-likeness (QED) is 0.491. The Bertz CT molecular complexity index is 320. The Morgan fingerprint density at radius 3 is 2.54 bits per heavy atom. The van der Waals surface area contributed by atoms with Crippen LogP contribution in [0.1, 0.15) is 5.56 Å². The van der Waals surface area contributed by atoms with Crippen LogP contribution in [0, 0.1) is 0 Å². The minimum Gasteiger partial charge on any atom is -0.386 e. The summed E-state index contributed by atoms with van der Waals surface area (Å²) in [6.07, 6.45) is 0. The molecule has 0 saturated carbocycles. The standard InChI is InChI=1S/C9H10N2O2/c10-9(11-8(13)6-12)7-4-2-1-3-5-7/h1-5,12H,6H2,(H2,10,11,13). The molecule has 1 aromatic carbocycles. The van der Waals surface area contributed by atoms with Gasteiger partial charge in [-0.05, 0) is 0 Å². The van der Waals surface area contributed by atoms with Gasteiger partial charge in [-0.3, -0.25) is 4.79 Å². The van der Waals surface area contributed by atoms with Crippen molar-refractivity contribution < 1.29 is 9.90 Å². The van der Waals surface area contributed by atoms with E-state index < -0.39 is 12.5 Å². The van der Waals surface area contributed by atoms with Crippen molar-refractivity contribution in [3.63, 3.8) is 0 Å². The van der Waals surface area contributed by atoms with Crippen LogP contribution in [0.5, 0.6) is 0 Å². The molecule has 0 spiro atoms. The maximum Gasteiger partial charge on any atom is 0.273 e. The molecule has 4 heteroatoms. The van der Waals surface area contributed by atoms with Crippen LogP contribution in [0.4, 0.5) is 0 Å². The third kappa shape index (κ3) is 2.68. The van der Waals surface area contributed by atoms with Crippen LogP contribution >= 0.6 is 0 Å². The number of amides is 1. The molecule has 1 rings (SSSR count). The number of nitrogens with zero attached hydrogens (tertiary/aromatic N) is 1. The van der Waals surface area contributed by atoms with Crippen LogP contribution in [-0.2, 0) is 4.79 Å². The molecule has 1 amide bonds. The zero-order chi connectivity index (χ0) is 9.68. The van der Waals surface area contributed by atoms with Crippen molar-refractivity contribution in [3.05, 3.63) is 35.9 Å². The highest BCUT2D eigenvalue weighted by molar-refractivity contribution is 6.04. The third-order valence-electron chi connectivity index (χ3n) is 1.45. The number of aliphatic hydroxyl groups excluding tert-OH is 1. The summed E-state index contributed by atoms with van der Waals surface area (Å²) in [5.74, 6) is -0.513. The zero-order valence-electron chi connectivity index (χ0n) is 6.97. The molecule has 0 heterocycles. The third-order valence-corrected chi connectivity index (χ3v) is 1.45. The molecule has 0 aliphatic carbocycles. The molecule has 0 bridgehead atoms. The van der Waals surface area contributed by atoms with E-state index in [0.29, 0.717) is 5.56 Å². The molecule has 4 nitrogen and oxygen atoms in total. The first-order valence-electron chi connectivity index (χ1n) is 3.77. The Kier molecular flexibility index (Phi) is 3.16. The fourth-order valence-electron chi connectivity index (χ4n) is 0.843. The highest BCUT2D eigenvalue weighted by Crippen LogP contribution is 1.97. The summed E-state index contributed by atoms with van der Waals surface area (Å²) < 4.78 is 0. The number of hydrogen-bond acceptors (Lipinski definition) is 2. The number of amidine groups is 1. The Hall–Kier alpha value is -1.68. The van der Waals surface area contributed by atoms with Gasteiger partial charge in [-0.25, -0.2) is 0 Å². The van der Waals surface area contributed by atoms with Gasteiger partial charge in [0.1, 0.15) is 12.4 Å². The molecule has 0 aromatic heterocycles. The molecule has 0 saturated heterocycles. The normalized spacial score (nSPS) is 11.3. The van der Waals surface area contributed by atoms with E-state index in [4.69, 9.17) is 10.8 Å². The van der Waals surface area contributed by atoms with E-state index in [-0.39, 0.29) is 5.84 Å². The molecule has 0 unspecified atom stereocenters. The molecule has 0 aliphatic heterocycles.